The Labute approximate surface area is 107 Å². The molecule has 0 aliphatic heterocycles. The largest absolute Gasteiger partial charge is 0.321 e. The molecule has 1 aliphatic carbocycles. The fraction of sp³-hybridized carbons (Fsp3) is 0.600. The standard InChI is InChI=1S/C15H21F2N/c1-14(2)6-3-7-15(18,9-8-14)12-5-4-11(16)10-13(12)17/h4-5,10H,3,6-9,18H2,1-2H3. The van der Waals surface area contributed by atoms with Crippen molar-refractivity contribution < 1.29 is 8.78 Å². The van der Waals surface area contributed by atoms with Crippen molar-refractivity contribution in [1.82, 2.24) is 0 Å². The Kier molecular flexibility index (Phi) is 3.45. The molecule has 0 bridgehead atoms. The van der Waals surface area contributed by atoms with Crippen LogP contribution in [0.3, 0.4) is 0 Å². The first kappa shape index (κ1) is 13.5. The Hall–Kier alpha value is -0.960. The van der Waals surface area contributed by atoms with E-state index >= 15 is 0 Å². The average molecular weight is 253 g/mol. The monoisotopic (exact) mass is 253 g/mol. The van der Waals surface area contributed by atoms with E-state index in [9.17, 15) is 8.78 Å². The first-order chi connectivity index (χ1) is 8.32. The van der Waals surface area contributed by atoms with Gasteiger partial charge in [0.15, 0.2) is 0 Å². The van der Waals surface area contributed by atoms with Gasteiger partial charge in [0.05, 0.1) is 0 Å². The topological polar surface area (TPSA) is 26.0 Å². The number of rotatable bonds is 1. The molecule has 1 fully saturated rings. The van der Waals surface area contributed by atoms with Gasteiger partial charge < -0.3 is 5.73 Å². The van der Waals surface area contributed by atoms with Crippen molar-refractivity contribution in [2.45, 2.75) is 51.5 Å². The molecular formula is C15H21F2N. The minimum atomic E-state index is -0.647. The number of nitrogens with two attached hydrogens (primary N) is 1. The van der Waals surface area contributed by atoms with E-state index in [2.05, 4.69) is 13.8 Å². The minimum Gasteiger partial charge on any atom is -0.321 e. The fourth-order valence-corrected chi connectivity index (χ4v) is 2.86. The highest BCUT2D eigenvalue weighted by Gasteiger charge is 2.35. The van der Waals surface area contributed by atoms with E-state index in [-0.39, 0.29) is 5.41 Å². The zero-order valence-electron chi connectivity index (χ0n) is 11.1. The van der Waals surface area contributed by atoms with Gasteiger partial charge in [0.25, 0.3) is 0 Å². The highest BCUT2D eigenvalue weighted by atomic mass is 19.1. The number of hydrogen-bond donors (Lipinski definition) is 1. The van der Waals surface area contributed by atoms with E-state index in [4.69, 9.17) is 5.73 Å². The molecule has 1 aromatic rings. The lowest BCUT2D eigenvalue weighted by Gasteiger charge is -2.30. The molecule has 0 spiro atoms. The van der Waals surface area contributed by atoms with Crippen LogP contribution >= 0.6 is 0 Å². The predicted molar refractivity (Wildman–Crippen MR) is 69.1 cm³/mol. The first-order valence-electron chi connectivity index (χ1n) is 6.57. The van der Waals surface area contributed by atoms with Crippen molar-refractivity contribution in [2.75, 3.05) is 0 Å². The van der Waals surface area contributed by atoms with Crippen LogP contribution in [0.2, 0.25) is 0 Å². The Morgan fingerprint density at radius 1 is 1.06 bits per heavy atom. The van der Waals surface area contributed by atoms with Crippen LogP contribution in [-0.2, 0) is 5.54 Å². The summed E-state index contributed by atoms with van der Waals surface area (Å²) in [6.45, 7) is 4.44. The van der Waals surface area contributed by atoms with E-state index in [0.717, 1.165) is 38.2 Å². The van der Waals surface area contributed by atoms with Crippen LogP contribution in [0.15, 0.2) is 18.2 Å². The van der Waals surface area contributed by atoms with E-state index in [1.807, 2.05) is 0 Å². The molecule has 0 radical (unpaired) electrons. The normalized spacial score (nSPS) is 27.8. The van der Waals surface area contributed by atoms with Gasteiger partial charge in [-0.15, -0.1) is 0 Å². The molecule has 100 valence electrons. The van der Waals surface area contributed by atoms with E-state index < -0.39 is 17.2 Å². The molecule has 0 amide bonds. The molecule has 2 rings (SSSR count). The summed E-state index contributed by atoms with van der Waals surface area (Å²) in [7, 11) is 0. The second-order valence-electron chi connectivity index (χ2n) is 6.30. The molecule has 1 aliphatic rings. The molecule has 0 aromatic heterocycles. The minimum absolute atomic E-state index is 0.262. The van der Waals surface area contributed by atoms with Gasteiger partial charge in [-0.2, -0.15) is 0 Å². The van der Waals surface area contributed by atoms with Crippen molar-refractivity contribution >= 4 is 0 Å². The molecule has 3 heteroatoms. The quantitative estimate of drug-likeness (QED) is 0.749. The van der Waals surface area contributed by atoms with Crippen molar-refractivity contribution in [3.8, 4) is 0 Å². The average Bonchev–Trinajstić information content (AvgIpc) is 2.39. The van der Waals surface area contributed by atoms with Gasteiger partial charge in [0.2, 0.25) is 0 Å². The Morgan fingerprint density at radius 3 is 2.44 bits per heavy atom. The lowest BCUT2D eigenvalue weighted by Crippen LogP contribution is -2.37. The van der Waals surface area contributed by atoms with Crippen molar-refractivity contribution in [3.63, 3.8) is 0 Å². The van der Waals surface area contributed by atoms with E-state index in [1.165, 1.54) is 12.1 Å². The third kappa shape index (κ3) is 2.72. The molecule has 0 saturated heterocycles. The lowest BCUT2D eigenvalue weighted by atomic mass is 9.81. The third-order valence-corrected chi connectivity index (χ3v) is 4.19. The summed E-state index contributed by atoms with van der Waals surface area (Å²) in [6.07, 6.45) is 4.58. The van der Waals surface area contributed by atoms with Crippen molar-refractivity contribution in [3.05, 3.63) is 35.4 Å². The smallest absolute Gasteiger partial charge is 0.131 e. The van der Waals surface area contributed by atoms with Gasteiger partial charge >= 0.3 is 0 Å². The lowest BCUT2D eigenvalue weighted by molar-refractivity contribution is 0.296. The summed E-state index contributed by atoms with van der Waals surface area (Å²) in [4.78, 5) is 0. The SMILES string of the molecule is CC1(C)CCCC(N)(c2ccc(F)cc2F)CC1. The molecule has 2 N–H and O–H groups in total. The predicted octanol–water partition coefficient (Wildman–Crippen LogP) is 4.11. The third-order valence-electron chi connectivity index (χ3n) is 4.19. The summed E-state index contributed by atoms with van der Waals surface area (Å²) in [5.41, 5.74) is 6.46. The van der Waals surface area contributed by atoms with Crippen LogP contribution in [0.5, 0.6) is 0 Å². The summed E-state index contributed by atoms with van der Waals surface area (Å²) in [5, 5.41) is 0. The van der Waals surface area contributed by atoms with Crippen LogP contribution in [0.1, 0.15) is 51.5 Å². The van der Waals surface area contributed by atoms with Crippen molar-refractivity contribution in [2.24, 2.45) is 11.1 Å². The molecule has 18 heavy (non-hydrogen) atoms. The van der Waals surface area contributed by atoms with Crippen LogP contribution < -0.4 is 5.73 Å². The second-order valence-corrected chi connectivity index (χ2v) is 6.30. The molecular weight excluding hydrogens is 232 g/mol. The van der Waals surface area contributed by atoms with Crippen LogP contribution in [-0.4, -0.2) is 0 Å². The zero-order chi connectivity index (χ0) is 13.4. The maximum Gasteiger partial charge on any atom is 0.131 e. The molecule has 1 saturated carbocycles. The highest BCUT2D eigenvalue weighted by Crippen LogP contribution is 2.42. The number of hydrogen-bond acceptors (Lipinski definition) is 1. The summed E-state index contributed by atoms with van der Waals surface area (Å²) in [6, 6.07) is 3.73. The summed E-state index contributed by atoms with van der Waals surface area (Å²) < 4.78 is 26.8. The van der Waals surface area contributed by atoms with Crippen molar-refractivity contribution in [1.29, 1.82) is 0 Å². The van der Waals surface area contributed by atoms with E-state index in [1.54, 1.807) is 0 Å². The van der Waals surface area contributed by atoms with E-state index in [0.29, 0.717) is 5.56 Å². The number of halogens is 2. The Bertz CT molecular complexity index is 442. The molecule has 0 heterocycles. The van der Waals surface area contributed by atoms with Gasteiger partial charge in [0.1, 0.15) is 11.6 Å². The van der Waals surface area contributed by atoms with Gasteiger partial charge in [-0.1, -0.05) is 26.3 Å². The second kappa shape index (κ2) is 4.61. The van der Waals surface area contributed by atoms with Gasteiger partial charge in [-0.3, -0.25) is 0 Å². The summed E-state index contributed by atoms with van der Waals surface area (Å²) >= 11 is 0. The maximum absolute atomic E-state index is 13.9. The van der Waals surface area contributed by atoms with Crippen LogP contribution in [0.4, 0.5) is 8.78 Å². The molecule has 1 atom stereocenters. The van der Waals surface area contributed by atoms with Gasteiger partial charge in [-0.25, -0.2) is 8.78 Å². The number of benzene rings is 1. The first-order valence-corrected chi connectivity index (χ1v) is 6.57. The molecule has 1 unspecified atom stereocenters. The van der Waals surface area contributed by atoms with Gasteiger partial charge in [-0.05, 0) is 37.2 Å². The Balaban J connectivity index is 2.30. The highest BCUT2D eigenvalue weighted by molar-refractivity contribution is 5.27. The van der Waals surface area contributed by atoms with Crippen LogP contribution in [0.25, 0.3) is 0 Å². The fourth-order valence-electron chi connectivity index (χ4n) is 2.86. The van der Waals surface area contributed by atoms with Gasteiger partial charge in [0, 0.05) is 17.2 Å². The Morgan fingerprint density at radius 2 is 1.78 bits per heavy atom. The van der Waals surface area contributed by atoms with Crippen LogP contribution in [0, 0.1) is 17.0 Å². The zero-order valence-corrected chi connectivity index (χ0v) is 11.1. The molecule has 1 aromatic carbocycles. The summed E-state index contributed by atoms with van der Waals surface area (Å²) in [5.74, 6) is -1.06. The maximum atomic E-state index is 13.9. The molecule has 1 nitrogen and oxygen atoms in total.